The molecule has 1 aliphatic carbocycles. The van der Waals surface area contributed by atoms with Gasteiger partial charge in [0.05, 0.1) is 0 Å². The monoisotopic (exact) mass is 442 g/mol. The molecule has 166 valence electrons. The number of hydrogen-bond donors (Lipinski definition) is 1. The molecule has 1 unspecified atom stereocenters. The molecule has 33 heavy (non-hydrogen) atoms. The second-order valence-electron chi connectivity index (χ2n) is 7.35. The topological polar surface area (TPSA) is 98.5 Å². The zero-order valence-electron chi connectivity index (χ0n) is 18.5. The van der Waals surface area contributed by atoms with E-state index in [2.05, 4.69) is 47.4 Å². The fraction of sp³-hybridized carbons (Fsp3) is 0.192. The number of rotatable bonds is 3. The van der Waals surface area contributed by atoms with E-state index in [1.54, 1.807) is 6.92 Å². The van der Waals surface area contributed by atoms with Gasteiger partial charge in [-0.3, -0.25) is 5.32 Å². The molecule has 1 aliphatic rings. The molecule has 0 saturated heterocycles. The zero-order chi connectivity index (χ0) is 23.8. The van der Waals surface area contributed by atoms with Crippen LogP contribution in [-0.4, -0.2) is 17.4 Å². The van der Waals surface area contributed by atoms with Crippen molar-refractivity contribution in [3.63, 3.8) is 0 Å². The molecule has 7 heteroatoms. The normalized spacial score (nSPS) is 12.0. The lowest BCUT2D eigenvalue weighted by molar-refractivity contribution is -0.191. The summed E-state index contributed by atoms with van der Waals surface area (Å²) in [4.78, 5) is 28.6. The summed E-state index contributed by atoms with van der Waals surface area (Å²) in [5.74, 6) is 6.37. The number of aryl methyl sites for hydroxylation is 1. The van der Waals surface area contributed by atoms with Gasteiger partial charge in [0.15, 0.2) is 0 Å². The minimum absolute atomic E-state index is 0.250. The van der Waals surface area contributed by atoms with E-state index in [0.29, 0.717) is 17.1 Å². The number of allylic oxidation sites excluding steroid dienone is 2. The summed E-state index contributed by atoms with van der Waals surface area (Å²) >= 11 is 0. The summed E-state index contributed by atoms with van der Waals surface area (Å²) in [7, 11) is 0. The molecular formula is C26H22N2O5. The molecule has 7 nitrogen and oxygen atoms in total. The number of aromatic nitrogens is 1. The van der Waals surface area contributed by atoms with Crippen molar-refractivity contribution in [1.29, 1.82) is 0 Å². The molecule has 1 amide bonds. The van der Waals surface area contributed by atoms with Gasteiger partial charge in [0.2, 0.25) is 5.76 Å². The van der Waals surface area contributed by atoms with Crippen molar-refractivity contribution in [3.8, 4) is 11.8 Å². The molecule has 0 aliphatic heterocycles. The first kappa shape index (κ1) is 23.3. The SMILES string of the molecule is CC1=CCc2cc(C#Cc3onc(C)c3NC(=O)OC(C)c3ccccc3)ccc21.O=C=O. The van der Waals surface area contributed by atoms with E-state index in [1.807, 2.05) is 43.3 Å². The van der Waals surface area contributed by atoms with Gasteiger partial charge in [0.25, 0.3) is 0 Å². The van der Waals surface area contributed by atoms with E-state index in [0.717, 1.165) is 17.5 Å². The molecular weight excluding hydrogens is 420 g/mol. The van der Waals surface area contributed by atoms with Crippen molar-refractivity contribution < 1.29 is 23.6 Å². The third kappa shape index (κ3) is 5.85. The Bertz CT molecular complexity index is 1270. The minimum atomic E-state index is -0.584. The quantitative estimate of drug-likeness (QED) is 0.569. The van der Waals surface area contributed by atoms with Crippen molar-refractivity contribution in [3.05, 3.63) is 88.3 Å². The maximum Gasteiger partial charge on any atom is 0.412 e. The average molecular weight is 442 g/mol. The number of nitrogens with one attached hydrogen (secondary N) is 1. The summed E-state index contributed by atoms with van der Waals surface area (Å²) in [5.41, 5.74) is 6.60. The van der Waals surface area contributed by atoms with Crippen LogP contribution in [0.3, 0.4) is 0 Å². The number of carbonyl (C=O) groups excluding carboxylic acids is 3. The van der Waals surface area contributed by atoms with Crippen molar-refractivity contribution in [2.75, 3.05) is 5.32 Å². The van der Waals surface area contributed by atoms with E-state index >= 15 is 0 Å². The zero-order valence-corrected chi connectivity index (χ0v) is 18.5. The molecule has 3 aromatic rings. The smallest absolute Gasteiger partial charge is 0.412 e. The number of amides is 1. The lowest BCUT2D eigenvalue weighted by Crippen LogP contribution is -2.16. The highest BCUT2D eigenvalue weighted by Crippen LogP contribution is 2.27. The van der Waals surface area contributed by atoms with Gasteiger partial charge in [0, 0.05) is 5.56 Å². The van der Waals surface area contributed by atoms with E-state index in [9.17, 15) is 4.79 Å². The summed E-state index contributed by atoms with van der Waals surface area (Å²) < 4.78 is 10.8. The van der Waals surface area contributed by atoms with E-state index < -0.39 is 6.09 Å². The second kappa shape index (κ2) is 10.8. The van der Waals surface area contributed by atoms with E-state index in [4.69, 9.17) is 18.8 Å². The molecule has 0 saturated carbocycles. The van der Waals surface area contributed by atoms with Crippen molar-refractivity contribution in [2.24, 2.45) is 0 Å². The van der Waals surface area contributed by atoms with Crippen LogP contribution in [0.5, 0.6) is 0 Å². The van der Waals surface area contributed by atoms with Gasteiger partial charge < -0.3 is 9.26 Å². The highest BCUT2D eigenvalue weighted by molar-refractivity contribution is 5.87. The van der Waals surface area contributed by atoms with Gasteiger partial charge in [-0.15, -0.1) is 0 Å². The standard InChI is InChI=1S/C25H22N2O3.CO2/c1-16-9-12-21-15-19(10-13-22(16)21)11-14-23-24(17(2)27-30-23)26-25(28)29-18(3)20-7-5-4-6-8-20;2-1-3/h4-10,13,15,18H,12H2,1-3H3,(H,26,28);. The highest BCUT2D eigenvalue weighted by Gasteiger charge is 2.18. The molecule has 0 bridgehead atoms. The summed E-state index contributed by atoms with van der Waals surface area (Å²) in [6.45, 7) is 5.68. The molecule has 1 atom stereocenters. The van der Waals surface area contributed by atoms with Crippen LogP contribution in [0.2, 0.25) is 0 Å². The van der Waals surface area contributed by atoms with Crippen LogP contribution in [0.1, 0.15) is 53.7 Å². The first-order valence-electron chi connectivity index (χ1n) is 10.2. The lowest BCUT2D eigenvalue weighted by atomic mass is 10.0. The van der Waals surface area contributed by atoms with Crippen molar-refractivity contribution >= 4 is 23.5 Å². The van der Waals surface area contributed by atoms with E-state index in [-0.39, 0.29) is 12.3 Å². The number of fused-ring (bicyclic) bond motifs is 1. The van der Waals surface area contributed by atoms with E-state index in [1.165, 1.54) is 16.7 Å². The average Bonchev–Trinajstić information content (AvgIpc) is 3.35. The van der Waals surface area contributed by atoms with Gasteiger partial charge in [-0.2, -0.15) is 9.59 Å². The third-order valence-electron chi connectivity index (χ3n) is 5.12. The Morgan fingerprint density at radius 3 is 2.58 bits per heavy atom. The van der Waals surface area contributed by atoms with Crippen LogP contribution in [-0.2, 0) is 20.7 Å². The van der Waals surface area contributed by atoms with Crippen LogP contribution >= 0.6 is 0 Å². The Morgan fingerprint density at radius 2 is 1.85 bits per heavy atom. The first-order chi connectivity index (χ1) is 15.9. The molecule has 0 fully saturated rings. The fourth-order valence-corrected chi connectivity index (χ4v) is 3.41. The summed E-state index contributed by atoms with van der Waals surface area (Å²) in [5, 5.41) is 6.65. The van der Waals surface area contributed by atoms with Crippen LogP contribution in [0.25, 0.3) is 5.57 Å². The Hall–Kier alpha value is -4.40. The van der Waals surface area contributed by atoms with Gasteiger partial charge in [-0.25, -0.2) is 4.79 Å². The molecule has 2 aromatic carbocycles. The maximum atomic E-state index is 12.4. The highest BCUT2D eigenvalue weighted by atomic mass is 16.6. The maximum absolute atomic E-state index is 12.4. The van der Waals surface area contributed by atoms with Crippen LogP contribution in [0.15, 0.2) is 59.1 Å². The van der Waals surface area contributed by atoms with Crippen LogP contribution < -0.4 is 5.32 Å². The molecule has 0 spiro atoms. The summed E-state index contributed by atoms with van der Waals surface area (Å²) in [6.07, 6.45) is 2.42. The number of benzene rings is 2. The first-order valence-corrected chi connectivity index (χ1v) is 10.2. The molecule has 1 heterocycles. The second-order valence-corrected chi connectivity index (χ2v) is 7.35. The Balaban J connectivity index is 0.000000968. The fourth-order valence-electron chi connectivity index (χ4n) is 3.41. The number of carbonyl (C=O) groups is 1. The third-order valence-corrected chi connectivity index (χ3v) is 5.12. The van der Waals surface area contributed by atoms with Gasteiger partial charge in [-0.1, -0.05) is 53.6 Å². The van der Waals surface area contributed by atoms with Crippen LogP contribution in [0, 0.1) is 18.8 Å². The Kier molecular flexibility index (Phi) is 7.59. The molecule has 1 N–H and O–H groups in total. The minimum Gasteiger partial charge on any atom is -0.441 e. The predicted octanol–water partition coefficient (Wildman–Crippen LogP) is 5.07. The van der Waals surface area contributed by atoms with Gasteiger partial charge >= 0.3 is 12.2 Å². The molecule has 0 radical (unpaired) electrons. The molecule has 1 aromatic heterocycles. The number of nitrogens with zero attached hydrogens (tertiary/aromatic N) is 1. The van der Waals surface area contributed by atoms with Crippen LogP contribution in [0.4, 0.5) is 10.5 Å². The Morgan fingerprint density at radius 1 is 1.12 bits per heavy atom. The number of hydrogen-bond acceptors (Lipinski definition) is 6. The van der Waals surface area contributed by atoms with Gasteiger partial charge in [0.1, 0.15) is 17.5 Å². The Labute approximate surface area is 191 Å². The molecule has 4 rings (SSSR count). The van der Waals surface area contributed by atoms with Gasteiger partial charge in [-0.05, 0) is 67.5 Å². The number of anilines is 1. The number of ether oxygens (including phenoxy) is 1. The predicted molar refractivity (Wildman–Crippen MR) is 121 cm³/mol. The van der Waals surface area contributed by atoms with Crippen molar-refractivity contribution in [1.82, 2.24) is 5.16 Å². The lowest BCUT2D eigenvalue weighted by Gasteiger charge is -2.13. The largest absolute Gasteiger partial charge is 0.441 e. The van der Waals surface area contributed by atoms with Crippen molar-refractivity contribution in [2.45, 2.75) is 33.3 Å². The summed E-state index contributed by atoms with van der Waals surface area (Å²) in [6, 6.07) is 15.7.